The molecule has 1 heterocycles. The molecule has 88 valence electrons. The largest absolute Gasteiger partial charge is 0.480 e. The summed E-state index contributed by atoms with van der Waals surface area (Å²) in [7, 11) is 3.10. The van der Waals surface area contributed by atoms with Crippen molar-refractivity contribution < 1.29 is 19.7 Å². The minimum absolute atomic E-state index is 0.245. The van der Waals surface area contributed by atoms with Gasteiger partial charge < -0.3 is 14.6 Å². The number of aromatic nitrogens is 2. The average Bonchev–Trinajstić information content (AvgIpc) is 2.63. The van der Waals surface area contributed by atoms with E-state index in [0.29, 0.717) is 0 Å². The molecule has 0 aliphatic heterocycles. The molecule has 16 heavy (non-hydrogen) atoms. The van der Waals surface area contributed by atoms with Crippen molar-refractivity contribution in [3.05, 3.63) is 18.2 Å². The van der Waals surface area contributed by atoms with Crippen LogP contribution in [0, 0.1) is 0 Å². The van der Waals surface area contributed by atoms with Crippen molar-refractivity contribution in [3.63, 3.8) is 0 Å². The summed E-state index contributed by atoms with van der Waals surface area (Å²) in [4.78, 5) is 27.2. The molecule has 7 heteroatoms. The lowest BCUT2D eigenvalue weighted by molar-refractivity contribution is -0.188. The van der Waals surface area contributed by atoms with E-state index in [2.05, 4.69) is 19.8 Å². The van der Waals surface area contributed by atoms with E-state index in [1.165, 1.54) is 7.11 Å². The van der Waals surface area contributed by atoms with Crippen molar-refractivity contribution in [3.8, 4) is 0 Å². The molecule has 0 unspecified atom stereocenters. The van der Waals surface area contributed by atoms with Crippen molar-refractivity contribution in [1.82, 2.24) is 9.55 Å². The number of hydrogen-bond donors (Lipinski definition) is 1. The summed E-state index contributed by atoms with van der Waals surface area (Å²) in [5.41, 5.74) is 0.780. The average molecular weight is 227 g/mol. The van der Waals surface area contributed by atoms with Gasteiger partial charge in [0.25, 0.3) is 0 Å². The SMILES string of the molecule is COO/C=N/[C@H](Cc1cncn1C)C(=O)O. The zero-order valence-corrected chi connectivity index (χ0v) is 9.03. The predicted octanol–water partition coefficient (Wildman–Crippen LogP) is 0.0221. The molecule has 0 aliphatic rings. The van der Waals surface area contributed by atoms with Gasteiger partial charge in [-0.15, -0.1) is 0 Å². The minimum atomic E-state index is -1.03. The van der Waals surface area contributed by atoms with Gasteiger partial charge in [-0.25, -0.2) is 14.8 Å². The molecule has 1 N–H and O–H groups in total. The number of hydrogen-bond acceptors (Lipinski definition) is 5. The Morgan fingerprint density at radius 3 is 3.06 bits per heavy atom. The highest BCUT2D eigenvalue weighted by Crippen LogP contribution is 2.04. The molecule has 0 aromatic carbocycles. The summed E-state index contributed by atoms with van der Waals surface area (Å²) in [5, 5.41) is 8.92. The Kier molecular flexibility index (Phi) is 4.46. The van der Waals surface area contributed by atoms with Gasteiger partial charge in [-0.2, -0.15) is 4.89 Å². The molecule has 7 nitrogen and oxygen atoms in total. The van der Waals surface area contributed by atoms with E-state index in [1.54, 1.807) is 24.1 Å². The Morgan fingerprint density at radius 2 is 2.56 bits per heavy atom. The van der Waals surface area contributed by atoms with Gasteiger partial charge in [-0.05, 0) is 0 Å². The monoisotopic (exact) mass is 227 g/mol. The topological polar surface area (TPSA) is 85.9 Å². The maximum atomic E-state index is 10.9. The number of aliphatic carboxylic acids is 1. The fourth-order valence-corrected chi connectivity index (χ4v) is 1.12. The van der Waals surface area contributed by atoms with E-state index in [0.717, 1.165) is 12.1 Å². The van der Waals surface area contributed by atoms with Crippen LogP contribution in [-0.4, -0.2) is 40.2 Å². The van der Waals surface area contributed by atoms with E-state index >= 15 is 0 Å². The lowest BCUT2D eigenvalue weighted by atomic mass is 10.2. The predicted molar refractivity (Wildman–Crippen MR) is 54.9 cm³/mol. The van der Waals surface area contributed by atoms with Crippen LogP contribution in [0.2, 0.25) is 0 Å². The molecule has 0 saturated heterocycles. The molecular formula is C9H13N3O4. The zero-order chi connectivity index (χ0) is 12.0. The van der Waals surface area contributed by atoms with Gasteiger partial charge in [0.05, 0.1) is 13.4 Å². The minimum Gasteiger partial charge on any atom is -0.480 e. The van der Waals surface area contributed by atoms with E-state index in [4.69, 9.17) is 5.11 Å². The van der Waals surface area contributed by atoms with Crippen molar-refractivity contribution in [2.45, 2.75) is 12.5 Å². The summed E-state index contributed by atoms with van der Waals surface area (Å²) in [6, 6.07) is -0.912. The normalized spacial score (nSPS) is 12.9. The maximum absolute atomic E-state index is 10.9. The summed E-state index contributed by atoms with van der Waals surface area (Å²) in [6.45, 7) is 0. The van der Waals surface area contributed by atoms with Gasteiger partial charge in [-0.1, -0.05) is 0 Å². The van der Waals surface area contributed by atoms with Crippen molar-refractivity contribution in [1.29, 1.82) is 0 Å². The van der Waals surface area contributed by atoms with Gasteiger partial charge >= 0.3 is 5.97 Å². The number of aliphatic imine (C=N–C) groups is 1. The first-order valence-electron chi connectivity index (χ1n) is 4.54. The maximum Gasteiger partial charge on any atom is 0.328 e. The summed E-state index contributed by atoms with van der Waals surface area (Å²) >= 11 is 0. The number of carboxylic acid groups (broad SMARTS) is 1. The molecule has 1 rings (SSSR count). The number of rotatable bonds is 6. The summed E-state index contributed by atoms with van der Waals surface area (Å²) in [6.07, 6.45) is 4.41. The third-order valence-corrected chi connectivity index (χ3v) is 1.98. The molecule has 0 amide bonds. The van der Waals surface area contributed by atoms with E-state index in [-0.39, 0.29) is 6.42 Å². The van der Waals surface area contributed by atoms with Crippen LogP contribution in [0.5, 0.6) is 0 Å². The van der Waals surface area contributed by atoms with Crippen LogP contribution in [-0.2, 0) is 28.0 Å². The summed E-state index contributed by atoms with van der Waals surface area (Å²) < 4.78 is 1.74. The molecule has 0 spiro atoms. The zero-order valence-electron chi connectivity index (χ0n) is 9.03. The number of aryl methyl sites for hydroxylation is 1. The third-order valence-electron chi connectivity index (χ3n) is 1.98. The van der Waals surface area contributed by atoms with Crippen molar-refractivity contribution >= 4 is 12.4 Å². The van der Waals surface area contributed by atoms with Crippen LogP contribution in [0.1, 0.15) is 5.69 Å². The van der Waals surface area contributed by atoms with Gasteiger partial charge in [0, 0.05) is 25.4 Å². The molecule has 1 aromatic heterocycles. The van der Waals surface area contributed by atoms with Crippen LogP contribution in [0.15, 0.2) is 17.5 Å². The fourth-order valence-electron chi connectivity index (χ4n) is 1.12. The molecule has 0 saturated carbocycles. The Balaban J connectivity index is 2.65. The smallest absolute Gasteiger partial charge is 0.328 e. The van der Waals surface area contributed by atoms with Crippen LogP contribution < -0.4 is 0 Å². The second-order valence-corrected chi connectivity index (χ2v) is 3.07. The van der Waals surface area contributed by atoms with E-state index in [1.807, 2.05) is 0 Å². The highest BCUT2D eigenvalue weighted by molar-refractivity contribution is 5.75. The van der Waals surface area contributed by atoms with E-state index in [9.17, 15) is 4.79 Å². The van der Waals surface area contributed by atoms with Crippen molar-refractivity contribution in [2.75, 3.05) is 7.11 Å². The molecule has 0 radical (unpaired) electrons. The van der Waals surface area contributed by atoms with Crippen LogP contribution in [0.25, 0.3) is 0 Å². The number of carbonyl (C=O) groups is 1. The number of carboxylic acids is 1. The highest BCUT2D eigenvalue weighted by Gasteiger charge is 2.17. The number of imidazole rings is 1. The third kappa shape index (κ3) is 3.35. The molecule has 1 aromatic rings. The Hall–Kier alpha value is -1.89. The molecule has 0 bridgehead atoms. The van der Waals surface area contributed by atoms with Gasteiger partial charge in [0.1, 0.15) is 0 Å². The van der Waals surface area contributed by atoms with Crippen LogP contribution in [0.3, 0.4) is 0 Å². The van der Waals surface area contributed by atoms with Crippen LogP contribution >= 0.6 is 0 Å². The lowest BCUT2D eigenvalue weighted by Crippen LogP contribution is -2.22. The first-order valence-corrected chi connectivity index (χ1v) is 4.54. The Labute approximate surface area is 92.3 Å². The second kappa shape index (κ2) is 5.86. The second-order valence-electron chi connectivity index (χ2n) is 3.07. The standard InChI is InChI=1S/C9H13N3O4/c1-12-5-10-4-7(12)3-8(9(13)14)11-6-16-15-2/h4-6,8H,3H2,1-2H3,(H,13,14)/b11-6+/t8-/m1/s1. The van der Waals surface area contributed by atoms with E-state index < -0.39 is 12.0 Å². The molecular weight excluding hydrogens is 214 g/mol. The fraction of sp³-hybridized carbons (Fsp3) is 0.444. The molecule has 0 fully saturated rings. The summed E-state index contributed by atoms with van der Waals surface area (Å²) in [5.74, 6) is -1.03. The molecule has 1 atom stereocenters. The van der Waals surface area contributed by atoms with Gasteiger partial charge in [-0.3, -0.25) is 0 Å². The first-order chi connectivity index (χ1) is 7.65. The Morgan fingerprint density at radius 1 is 1.81 bits per heavy atom. The lowest BCUT2D eigenvalue weighted by Gasteiger charge is -2.07. The highest BCUT2D eigenvalue weighted by atomic mass is 17.2. The number of nitrogens with zero attached hydrogens (tertiary/aromatic N) is 3. The van der Waals surface area contributed by atoms with Gasteiger partial charge in [0.15, 0.2) is 6.04 Å². The van der Waals surface area contributed by atoms with Crippen molar-refractivity contribution in [2.24, 2.45) is 12.0 Å². The quantitative estimate of drug-likeness (QED) is 0.320. The van der Waals surface area contributed by atoms with Gasteiger partial charge in [0.2, 0.25) is 6.40 Å². The Bertz CT molecular complexity index is 375. The van der Waals surface area contributed by atoms with Crippen LogP contribution in [0.4, 0.5) is 0 Å². The first kappa shape index (κ1) is 12.2. The molecule has 0 aliphatic carbocycles.